The second kappa shape index (κ2) is 7.53. The molecule has 19 heavy (non-hydrogen) atoms. The van der Waals surface area contributed by atoms with E-state index in [0.29, 0.717) is 18.5 Å². The van der Waals surface area contributed by atoms with Gasteiger partial charge in [0.15, 0.2) is 0 Å². The van der Waals surface area contributed by atoms with Gasteiger partial charge in [-0.15, -0.1) is 0 Å². The van der Waals surface area contributed by atoms with Crippen molar-refractivity contribution in [3.63, 3.8) is 0 Å². The molecule has 1 aromatic carbocycles. The first-order chi connectivity index (χ1) is 9.04. The molecule has 1 amide bonds. The van der Waals surface area contributed by atoms with Crippen LogP contribution in [0.2, 0.25) is 0 Å². The third kappa shape index (κ3) is 5.09. The number of aliphatic carboxylic acids is 1. The fourth-order valence-electron chi connectivity index (χ4n) is 1.77. The quantitative estimate of drug-likeness (QED) is 0.699. The van der Waals surface area contributed by atoms with Gasteiger partial charge in [0.05, 0.1) is 6.04 Å². The highest BCUT2D eigenvalue weighted by Crippen LogP contribution is 2.17. The topological polar surface area (TPSA) is 92.4 Å². The van der Waals surface area contributed by atoms with E-state index in [1.165, 1.54) is 0 Å². The monoisotopic (exact) mass is 264 g/mol. The molecule has 0 saturated heterocycles. The van der Waals surface area contributed by atoms with E-state index in [1.54, 1.807) is 12.1 Å². The molecule has 1 aromatic rings. The van der Waals surface area contributed by atoms with Crippen molar-refractivity contribution in [2.45, 2.75) is 38.6 Å². The van der Waals surface area contributed by atoms with Crippen LogP contribution < -0.4 is 11.1 Å². The Balaban J connectivity index is 2.71. The minimum atomic E-state index is -0.858. The van der Waals surface area contributed by atoms with Gasteiger partial charge in [0.2, 0.25) is 5.91 Å². The molecule has 0 aliphatic rings. The Labute approximate surface area is 112 Å². The van der Waals surface area contributed by atoms with Crippen molar-refractivity contribution in [1.29, 1.82) is 0 Å². The maximum Gasteiger partial charge on any atom is 0.303 e. The van der Waals surface area contributed by atoms with Gasteiger partial charge in [-0.05, 0) is 24.5 Å². The summed E-state index contributed by atoms with van der Waals surface area (Å²) in [5, 5.41) is 11.5. The van der Waals surface area contributed by atoms with E-state index in [0.717, 1.165) is 12.0 Å². The normalized spacial score (nSPS) is 11.9. The molecule has 0 saturated carbocycles. The number of rotatable bonds is 7. The molecule has 5 nitrogen and oxygen atoms in total. The molecule has 4 N–H and O–H groups in total. The van der Waals surface area contributed by atoms with Crippen molar-refractivity contribution >= 4 is 17.6 Å². The number of carbonyl (C=O) groups is 2. The molecule has 0 spiro atoms. The van der Waals surface area contributed by atoms with Crippen molar-refractivity contribution in [2.24, 2.45) is 5.73 Å². The van der Waals surface area contributed by atoms with Crippen molar-refractivity contribution in [3.05, 3.63) is 29.8 Å². The largest absolute Gasteiger partial charge is 0.481 e. The van der Waals surface area contributed by atoms with Crippen LogP contribution in [0.15, 0.2) is 24.3 Å². The smallest absolute Gasteiger partial charge is 0.303 e. The van der Waals surface area contributed by atoms with E-state index in [1.807, 2.05) is 19.1 Å². The minimum Gasteiger partial charge on any atom is -0.481 e. The van der Waals surface area contributed by atoms with Crippen LogP contribution in [-0.4, -0.2) is 23.0 Å². The highest BCUT2D eigenvalue weighted by molar-refractivity contribution is 5.95. The summed E-state index contributed by atoms with van der Waals surface area (Å²) in [6, 6.07) is 6.65. The molecule has 0 aliphatic heterocycles. The number of carboxylic acid groups (broad SMARTS) is 1. The number of carbonyl (C=O) groups excluding carboxylic acids is 1. The standard InChI is InChI=1S/C14H20N2O3/c1-2-5-11(15)14(19)16-12-7-4-3-6-10(12)8-9-13(17)18/h3-4,6-7,11H,2,5,8-9,15H2,1H3,(H,16,19)(H,17,18)/t11-/m0/s1. The first kappa shape index (κ1) is 15.2. The van der Waals surface area contributed by atoms with Gasteiger partial charge < -0.3 is 16.2 Å². The van der Waals surface area contributed by atoms with Gasteiger partial charge in [0.1, 0.15) is 0 Å². The Morgan fingerprint density at radius 1 is 1.37 bits per heavy atom. The van der Waals surface area contributed by atoms with Gasteiger partial charge in [-0.1, -0.05) is 31.5 Å². The Bertz CT molecular complexity index is 446. The number of aryl methyl sites for hydroxylation is 1. The van der Waals surface area contributed by atoms with E-state index in [2.05, 4.69) is 5.32 Å². The maximum absolute atomic E-state index is 11.8. The lowest BCUT2D eigenvalue weighted by atomic mass is 10.1. The van der Waals surface area contributed by atoms with Crippen molar-refractivity contribution in [1.82, 2.24) is 0 Å². The van der Waals surface area contributed by atoms with Crippen LogP contribution in [0, 0.1) is 0 Å². The first-order valence-electron chi connectivity index (χ1n) is 6.40. The zero-order valence-electron chi connectivity index (χ0n) is 11.1. The highest BCUT2D eigenvalue weighted by atomic mass is 16.4. The molecule has 0 radical (unpaired) electrons. The van der Waals surface area contributed by atoms with Gasteiger partial charge in [0, 0.05) is 12.1 Å². The van der Waals surface area contributed by atoms with Crippen molar-refractivity contribution in [3.8, 4) is 0 Å². The van der Waals surface area contributed by atoms with E-state index in [-0.39, 0.29) is 12.3 Å². The summed E-state index contributed by atoms with van der Waals surface area (Å²) >= 11 is 0. The maximum atomic E-state index is 11.8. The van der Waals surface area contributed by atoms with Crippen molar-refractivity contribution in [2.75, 3.05) is 5.32 Å². The van der Waals surface area contributed by atoms with Gasteiger partial charge >= 0.3 is 5.97 Å². The second-order valence-electron chi connectivity index (χ2n) is 4.44. The van der Waals surface area contributed by atoms with Crippen LogP contribution in [0.5, 0.6) is 0 Å². The molecular formula is C14H20N2O3. The van der Waals surface area contributed by atoms with Crippen LogP contribution in [0.1, 0.15) is 31.7 Å². The molecule has 5 heteroatoms. The number of benzene rings is 1. The number of para-hydroxylation sites is 1. The van der Waals surface area contributed by atoms with E-state index in [9.17, 15) is 9.59 Å². The predicted octanol–water partition coefficient (Wildman–Crippen LogP) is 1.77. The van der Waals surface area contributed by atoms with Crippen LogP contribution >= 0.6 is 0 Å². The summed E-state index contributed by atoms with van der Waals surface area (Å²) in [6.45, 7) is 1.97. The van der Waals surface area contributed by atoms with Crippen LogP contribution in [0.3, 0.4) is 0 Å². The molecule has 104 valence electrons. The van der Waals surface area contributed by atoms with Gasteiger partial charge in [-0.3, -0.25) is 9.59 Å². The lowest BCUT2D eigenvalue weighted by Gasteiger charge is -2.14. The predicted molar refractivity (Wildman–Crippen MR) is 73.9 cm³/mol. The van der Waals surface area contributed by atoms with Crippen molar-refractivity contribution < 1.29 is 14.7 Å². The van der Waals surface area contributed by atoms with Crippen LogP contribution in [0.25, 0.3) is 0 Å². The van der Waals surface area contributed by atoms with Crippen LogP contribution in [-0.2, 0) is 16.0 Å². The Morgan fingerprint density at radius 3 is 2.68 bits per heavy atom. The third-order valence-corrected chi connectivity index (χ3v) is 2.82. The zero-order chi connectivity index (χ0) is 14.3. The molecule has 0 aliphatic carbocycles. The number of hydrogen-bond acceptors (Lipinski definition) is 3. The fourth-order valence-corrected chi connectivity index (χ4v) is 1.77. The van der Waals surface area contributed by atoms with E-state index >= 15 is 0 Å². The zero-order valence-corrected chi connectivity index (χ0v) is 11.1. The van der Waals surface area contributed by atoms with E-state index < -0.39 is 12.0 Å². The average Bonchev–Trinajstić information content (AvgIpc) is 2.37. The number of carboxylic acids is 1. The highest BCUT2D eigenvalue weighted by Gasteiger charge is 2.14. The summed E-state index contributed by atoms with van der Waals surface area (Å²) in [6.07, 6.45) is 1.89. The molecule has 0 aromatic heterocycles. The molecular weight excluding hydrogens is 244 g/mol. The lowest BCUT2D eigenvalue weighted by Crippen LogP contribution is -2.35. The molecule has 1 rings (SSSR count). The summed E-state index contributed by atoms with van der Waals surface area (Å²) < 4.78 is 0. The Morgan fingerprint density at radius 2 is 2.05 bits per heavy atom. The molecule has 0 fully saturated rings. The summed E-state index contributed by atoms with van der Waals surface area (Å²) in [5.41, 5.74) is 7.19. The number of nitrogens with one attached hydrogen (secondary N) is 1. The number of amides is 1. The van der Waals surface area contributed by atoms with E-state index in [4.69, 9.17) is 10.8 Å². The Kier molecular flexibility index (Phi) is 6.02. The van der Waals surface area contributed by atoms with Crippen LogP contribution in [0.4, 0.5) is 5.69 Å². The average molecular weight is 264 g/mol. The third-order valence-electron chi connectivity index (χ3n) is 2.82. The van der Waals surface area contributed by atoms with Gasteiger partial charge in [-0.25, -0.2) is 0 Å². The molecule has 0 unspecified atom stereocenters. The summed E-state index contributed by atoms with van der Waals surface area (Å²) in [4.78, 5) is 22.4. The fraction of sp³-hybridized carbons (Fsp3) is 0.429. The molecule has 0 heterocycles. The number of hydrogen-bond donors (Lipinski definition) is 3. The first-order valence-corrected chi connectivity index (χ1v) is 6.40. The second-order valence-corrected chi connectivity index (χ2v) is 4.44. The molecule has 0 bridgehead atoms. The number of nitrogens with two attached hydrogens (primary N) is 1. The lowest BCUT2D eigenvalue weighted by molar-refractivity contribution is -0.136. The van der Waals surface area contributed by atoms with Gasteiger partial charge in [0.25, 0.3) is 0 Å². The number of anilines is 1. The SMILES string of the molecule is CCC[C@H](N)C(=O)Nc1ccccc1CCC(=O)O. The Hall–Kier alpha value is -1.88. The van der Waals surface area contributed by atoms with Gasteiger partial charge in [-0.2, -0.15) is 0 Å². The molecule has 1 atom stereocenters. The summed E-state index contributed by atoms with van der Waals surface area (Å²) in [7, 11) is 0. The summed E-state index contributed by atoms with van der Waals surface area (Å²) in [5.74, 6) is -1.09. The minimum absolute atomic E-state index is 0.0356.